The summed E-state index contributed by atoms with van der Waals surface area (Å²) in [6.45, 7) is 1.23. The first kappa shape index (κ1) is 12.8. The standard InChI is InChI=1S/C15H12N2O5/c18-15-17(16-14(22-15)12-5-2-6-19-12)9-10-3-1-4-11-13(10)21-8-7-20-11/h1-6H,7-9H2. The van der Waals surface area contributed by atoms with Crippen LogP contribution < -0.4 is 15.2 Å². The lowest BCUT2D eigenvalue weighted by molar-refractivity contribution is 0.169. The van der Waals surface area contributed by atoms with Gasteiger partial charge >= 0.3 is 5.76 Å². The number of para-hydroxylation sites is 1. The molecule has 3 heterocycles. The molecule has 0 radical (unpaired) electrons. The summed E-state index contributed by atoms with van der Waals surface area (Å²) in [5, 5.41) is 4.14. The molecule has 112 valence electrons. The molecule has 0 N–H and O–H groups in total. The molecule has 0 atom stereocenters. The molecule has 2 aromatic heterocycles. The Morgan fingerprint density at radius 3 is 2.91 bits per heavy atom. The summed E-state index contributed by atoms with van der Waals surface area (Å²) in [6.07, 6.45) is 1.49. The van der Waals surface area contributed by atoms with E-state index in [9.17, 15) is 4.79 Å². The summed E-state index contributed by atoms with van der Waals surface area (Å²) in [4.78, 5) is 11.9. The van der Waals surface area contributed by atoms with Gasteiger partial charge in [-0.3, -0.25) is 0 Å². The Labute approximate surface area is 124 Å². The Morgan fingerprint density at radius 2 is 2.05 bits per heavy atom. The number of nitrogens with zero attached hydrogens (tertiary/aromatic N) is 2. The third-order valence-electron chi connectivity index (χ3n) is 3.31. The van der Waals surface area contributed by atoms with Crippen LogP contribution >= 0.6 is 0 Å². The zero-order chi connectivity index (χ0) is 14.9. The van der Waals surface area contributed by atoms with Crippen molar-refractivity contribution in [2.24, 2.45) is 0 Å². The highest BCUT2D eigenvalue weighted by Crippen LogP contribution is 2.33. The molecule has 1 aliphatic heterocycles. The van der Waals surface area contributed by atoms with E-state index in [0.717, 1.165) is 5.56 Å². The lowest BCUT2D eigenvalue weighted by atomic mass is 10.2. The molecular formula is C15H12N2O5. The minimum atomic E-state index is -0.555. The molecule has 0 spiro atoms. The van der Waals surface area contributed by atoms with Crippen LogP contribution in [-0.2, 0) is 6.54 Å². The van der Waals surface area contributed by atoms with Gasteiger partial charge in [0.2, 0.25) is 0 Å². The number of hydrogen-bond donors (Lipinski definition) is 0. The van der Waals surface area contributed by atoms with Crippen molar-refractivity contribution in [2.75, 3.05) is 13.2 Å². The van der Waals surface area contributed by atoms with Gasteiger partial charge in [-0.1, -0.05) is 12.1 Å². The lowest BCUT2D eigenvalue weighted by Gasteiger charge is -2.20. The molecule has 7 heteroatoms. The van der Waals surface area contributed by atoms with E-state index >= 15 is 0 Å². The van der Waals surface area contributed by atoms with E-state index in [4.69, 9.17) is 18.3 Å². The fourth-order valence-corrected chi connectivity index (χ4v) is 2.33. The van der Waals surface area contributed by atoms with Gasteiger partial charge in [0.05, 0.1) is 12.8 Å². The normalized spacial score (nSPS) is 13.3. The number of aromatic nitrogens is 2. The van der Waals surface area contributed by atoms with Gasteiger partial charge in [-0.2, -0.15) is 4.68 Å². The third kappa shape index (κ3) is 2.16. The van der Waals surface area contributed by atoms with Gasteiger partial charge in [-0.05, 0) is 18.2 Å². The van der Waals surface area contributed by atoms with E-state index in [1.807, 2.05) is 18.2 Å². The maximum absolute atomic E-state index is 11.9. The zero-order valence-corrected chi connectivity index (χ0v) is 11.5. The van der Waals surface area contributed by atoms with Crippen LogP contribution in [0.2, 0.25) is 0 Å². The highest BCUT2D eigenvalue weighted by atomic mass is 16.6. The first-order chi connectivity index (χ1) is 10.8. The molecule has 1 aromatic carbocycles. The molecule has 0 bridgehead atoms. The molecule has 1 aliphatic rings. The van der Waals surface area contributed by atoms with Crippen LogP contribution in [0, 0.1) is 0 Å². The van der Waals surface area contributed by atoms with Gasteiger partial charge in [-0.25, -0.2) is 4.79 Å². The fourth-order valence-electron chi connectivity index (χ4n) is 2.33. The molecule has 0 amide bonds. The van der Waals surface area contributed by atoms with E-state index in [1.54, 1.807) is 12.1 Å². The predicted molar refractivity (Wildman–Crippen MR) is 75.0 cm³/mol. The molecule has 0 saturated heterocycles. The summed E-state index contributed by atoms with van der Waals surface area (Å²) >= 11 is 0. The average Bonchev–Trinajstić information content (AvgIpc) is 3.18. The topological polar surface area (TPSA) is 79.6 Å². The molecular weight excluding hydrogens is 288 g/mol. The Morgan fingerprint density at radius 1 is 1.14 bits per heavy atom. The van der Waals surface area contributed by atoms with Crippen LogP contribution in [0.3, 0.4) is 0 Å². The maximum Gasteiger partial charge on any atom is 0.437 e. The van der Waals surface area contributed by atoms with Gasteiger partial charge in [0.25, 0.3) is 5.89 Å². The van der Waals surface area contributed by atoms with Crippen molar-refractivity contribution in [3.63, 3.8) is 0 Å². The molecule has 7 nitrogen and oxygen atoms in total. The number of furan rings is 1. The second kappa shape index (κ2) is 5.10. The number of benzene rings is 1. The number of ether oxygens (including phenoxy) is 2. The average molecular weight is 300 g/mol. The summed E-state index contributed by atoms with van der Waals surface area (Å²) in [5.41, 5.74) is 0.804. The second-order valence-electron chi connectivity index (χ2n) is 4.75. The first-order valence-electron chi connectivity index (χ1n) is 6.80. The van der Waals surface area contributed by atoms with Crippen molar-refractivity contribution in [3.05, 3.63) is 52.7 Å². The quantitative estimate of drug-likeness (QED) is 0.735. The third-order valence-corrected chi connectivity index (χ3v) is 3.31. The van der Waals surface area contributed by atoms with Crippen molar-refractivity contribution in [1.29, 1.82) is 0 Å². The number of rotatable bonds is 3. The highest BCUT2D eigenvalue weighted by Gasteiger charge is 2.18. The van der Waals surface area contributed by atoms with E-state index in [-0.39, 0.29) is 12.4 Å². The minimum absolute atomic E-state index is 0.150. The van der Waals surface area contributed by atoms with Crippen LogP contribution in [0.25, 0.3) is 11.7 Å². The van der Waals surface area contributed by atoms with Crippen LogP contribution in [0.5, 0.6) is 11.5 Å². The fraction of sp³-hybridized carbons (Fsp3) is 0.200. The van der Waals surface area contributed by atoms with Gasteiger partial charge in [-0.15, -0.1) is 5.10 Å². The van der Waals surface area contributed by atoms with Crippen LogP contribution in [0.15, 0.2) is 50.2 Å². The number of hydrogen-bond acceptors (Lipinski definition) is 6. The molecule has 4 rings (SSSR count). The summed E-state index contributed by atoms with van der Waals surface area (Å²) in [7, 11) is 0. The summed E-state index contributed by atoms with van der Waals surface area (Å²) in [5.74, 6) is 1.32. The predicted octanol–water partition coefficient (Wildman–Crippen LogP) is 1.92. The molecule has 3 aromatic rings. The first-order valence-corrected chi connectivity index (χ1v) is 6.80. The lowest BCUT2D eigenvalue weighted by Crippen LogP contribution is -2.20. The largest absolute Gasteiger partial charge is 0.486 e. The van der Waals surface area contributed by atoms with Crippen molar-refractivity contribution >= 4 is 0 Å². The molecule has 0 fully saturated rings. The SMILES string of the molecule is O=c1oc(-c2ccco2)nn1Cc1cccc2c1OCCO2. The summed E-state index contributed by atoms with van der Waals surface area (Å²) in [6, 6.07) is 8.92. The minimum Gasteiger partial charge on any atom is -0.486 e. The Bertz CT molecular complexity index is 847. The zero-order valence-electron chi connectivity index (χ0n) is 11.5. The van der Waals surface area contributed by atoms with E-state index in [2.05, 4.69) is 5.10 Å². The second-order valence-corrected chi connectivity index (χ2v) is 4.75. The molecule has 22 heavy (non-hydrogen) atoms. The Hall–Kier alpha value is -2.96. The van der Waals surface area contributed by atoms with Crippen LogP contribution in [0.1, 0.15) is 5.56 Å². The molecule has 0 aliphatic carbocycles. The van der Waals surface area contributed by atoms with Crippen molar-refractivity contribution in [1.82, 2.24) is 9.78 Å². The van der Waals surface area contributed by atoms with E-state index < -0.39 is 5.76 Å². The van der Waals surface area contributed by atoms with Crippen molar-refractivity contribution in [3.8, 4) is 23.1 Å². The van der Waals surface area contributed by atoms with E-state index in [0.29, 0.717) is 30.5 Å². The molecule has 0 saturated carbocycles. The van der Waals surface area contributed by atoms with Gasteiger partial charge in [0.1, 0.15) is 13.2 Å². The smallest absolute Gasteiger partial charge is 0.437 e. The van der Waals surface area contributed by atoms with Crippen molar-refractivity contribution in [2.45, 2.75) is 6.54 Å². The van der Waals surface area contributed by atoms with E-state index in [1.165, 1.54) is 10.9 Å². The maximum atomic E-state index is 11.9. The number of fused-ring (bicyclic) bond motifs is 1. The van der Waals surface area contributed by atoms with Crippen LogP contribution in [-0.4, -0.2) is 23.0 Å². The van der Waals surface area contributed by atoms with Gasteiger partial charge in [0, 0.05) is 5.56 Å². The Balaban J connectivity index is 1.69. The van der Waals surface area contributed by atoms with Crippen LogP contribution in [0.4, 0.5) is 0 Å². The Kier molecular flexibility index (Phi) is 2.96. The van der Waals surface area contributed by atoms with Crippen molar-refractivity contribution < 1.29 is 18.3 Å². The highest BCUT2D eigenvalue weighted by molar-refractivity contribution is 5.47. The molecule has 0 unspecified atom stereocenters. The monoisotopic (exact) mass is 300 g/mol. The van der Waals surface area contributed by atoms with Gasteiger partial charge in [0.15, 0.2) is 17.3 Å². The van der Waals surface area contributed by atoms with Gasteiger partial charge < -0.3 is 18.3 Å². The summed E-state index contributed by atoms with van der Waals surface area (Å²) < 4.78 is 22.7.